The molecule has 2 atom stereocenters. The number of fused-ring (bicyclic) bond motifs is 7. The monoisotopic (exact) mass is 1910 g/mol. The number of nitrogens with two attached hydrogens (primary N) is 2. The summed E-state index contributed by atoms with van der Waals surface area (Å²) < 4.78 is 27.2. The molecule has 13 aliphatic heterocycles. The number of aryl methyl sites for hydroxylation is 3. The van der Waals surface area contributed by atoms with Crippen molar-refractivity contribution < 1.29 is 92.1 Å². The second-order valence-electron chi connectivity index (χ2n) is 31.2. The van der Waals surface area contributed by atoms with Crippen molar-refractivity contribution in [3.63, 3.8) is 0 Å². The third-order valence-electron chi connectivity index (χ3n) is 24.2. The first-order valence-electron chi connectivity index (χ1n) is 38.5. The van der Waals surface area contributed by atoms with E-state index in [-0.39, 0.29) is 97.8 Å². The van der Waals surface area contributed by atoms with E-state index in [9.17, 15) is 102 Å². The molecule has 17 rings (SSSR count). The lowest BCUT2D eigenvalue weighted by Gasteiger charge is -2.54. The number of amides is 9. The second kappa shape index (κ2) is 31.3. The molecule has 13 aliphatic rings. The maximum absolute atomic E-state index is 14.5. The van der Waals surface area contributed by atoms with Gasteiger partial charge >= 0.3 is 62.4 Å². The van der Waals surface area contributed by atoms with Gasteiger partial charge in [0.2, 0.25) is 17.7 Å². The number of hydrazine groups is 3. The standard InChI is InChI=1S/C33H40N4O3S3.C24H21N4O9PS3.C23H20N5O9PS3/c1-12-32(13-2)29-25(33(21(10)22(11)41-29)42-27(16(3)4)28(43-33)17(5)6)23-14-18(7)19(8)20(9)26(23)37(32)24(38)15-36-30(39)34-35-31(36)40;1-8-6-11-15-22(39-19(25)10(3)24(15)40-17(20(31)32)18(41-24)21(33)34)38(36,37)28-16(11)12(9(8)2)7-26(23(28)35)27-13(29)4-5-14(27)30;1-7-6-10-13-21(39-18(24)9(3)23(13)40-16(19(31)32)17(41-23)20(33)34)38(36,37)27-15(10)14(8(7)2)25-28(22(27)35)26-11(29)4-5-12(26)30/h14H,3,5,12-13,15H2,1-2,4,6-11H3,(H,34,39)(H,35,40);6H,4-5,7,25H2,1-3H3,(H,31,32)(H,33,34)(H,36,37);6,25H,4-5,24H2,1-3H3,(H,31,32)(H,33,34)(H,36,37). The van der Waals surface area contributed by atoms with Gasteiger partial charge in [-0.1, -0.05) is 133 Å². The Hall–Kier alpha value is -9.36. The fourth-order valence-electron chi connectivity index (χ4n) is 17.2. The lowest BCUT2D eigenvalue weighted by atomic mass is 9.77. The molecule has 0 saturated carbocycles. The first kappa shape index (κ1) is 90.4. The molecule has 125 heavy (non-hydrogen) atoms. The number of hydrogen-bond acceptors (Lipinski definition) is 27. The van der Waals surface area contributed by atoms with Crippen molar-refractivity contribution >= 4 is 226 Å². The number of nitrogens with zero attached hydrogens (tertiary/aromatic N) is 8. The summed E-state index contributed by atoms with van der Waals surface area (Å²) in [6.07, 6.45) is 0.850. The van der Waals surface area contributed by atoms with Crippen LogP contribution in [0.5, 0.6) is 0 Å². The van der Waals surface area contributed by atoms with Crippen molar-refractivity contribution in [2.75, 3.05) is 19.7 Å². The summed E-state index contributed by atoms with van der Waals surface area (Å²) in [6, 6.07) is 3.40. The van der Waals surface area contributed by atoms with Crippen molar-refractivity contribution in [1.29, 1.82) is 0 Å². The number of anilines is 4. The van der Waals surface area contributed by atoms with E-state index in [4.69, 9.17) is 11.5 Å². The first-order valence-corrected chi connectivity index (χ1v) is 49.0. The van der Waals surface area contributed by atoms with E-state index in [0.717, 1.165) is 91.9 Å². The molecule has 4 aromatic rings. The molecule has 3 spiro atoms. The predicted molar refractivity (Wildman–Crippen MR) is 488 cm³/mol. The van der Waals surface area contributed by atoms with Crippen LogP contribution in [-0.2, 0) is 65.4 Å². The highest BCUT2D eigenvalue weighted by atomic mass is 32.2. The topological polar surface area (TPSA) is 501 Å². The van der Waals surface area contributed by atoms with Crippen molar-refractivity contribution in [3.8, 4) is 0 Å². The summed E-state index contributed by atoms with van der Waals surface area (Å²) in [5.74, 6) is -8.76. The van der Waals surface area contributed by atoms with Crippen molar-refractivity contribution in [2.45, 2.75) is 173 Å². The Morgan fingerprint density at radius 3 is 1.30 bits per heavy atom. The van der Waals surface area contributed by atoms with E-state index >= 15 is 0 Å². The summed E-state index contributed by atoms with van der Waals surface area (Å²) in [4.78, 5) is 194. The van der Waals surface area contributed by atoms with Gasteiger partial charge in [-0.3, -0.25) is 43.4 Å². The number of benzene rings is 3. The highest BCUT2D eigenvalue weighted by Crippen LogP contribution is 2.81. The molecular weight excluding hydrogens is 1830 g/mol. The molecule has 2 fully saturated rings. The second-order valence-corrected chi connectivity index (χ2v) is 47.2. The molecule has 0 bridgehead atoms. The molecule has 45 heteroatoms. The highest BCUT2D eigenvalue weighted by molar-refractivity contribution is 8.28. The first-order chi connectivity index (χ1) is 58.4. The van der Waals surface area contributed by atoms with E-state index in [1.807, 2.05) is 28.4 Å². The molecule has 2 saturated heterocycles. The molecule has 14 heterocycles. The van der Waals surface area contributed by atoms with Crippen molar-refractivity contribution in [2.24, 2.45) is 11.5 Å². The Morgan fingerprint density at radius 2 is 0.880 bits per heavy atom. The maximum Gasteiger partial charge on any atom is 0.371 e. The quantitative estimate of drug-likeness (QED) is 0.0463. The van der Waals surface area contributed by atoms with E-state index in [1.54, 1.807) is 65.4 Å². The number of aromatic nitrogens is 3. The average molecular weight is 1910 g/mol. The third-order valence-corrected chi connectivity index (χ3v) is 43.3. The number of thioether (sulfide) groups is 9. The molecule has 3 aromatic carbocycles. The number of urea groups is 2. The summed E-state index contributed by atoms with van der Waals surface area (Å²) in [5, 5.41) is 47.0. The number of imide groups is 2. The van der Waals surface area contributed by atoms with Crippen LogP contribution in [0.25, 0.3) is 16.7 Å². The van der Waals surface area contributed by atoms with Crippen LogP contribution in [0.4, 0.5) is 32.3 Å². The molecule has 0 aliphatic carbocycles. The van der Waals surface area contributed by atoms with Crippen LogP contribution >= 0.6 is 121 Å². The van der Waals surface area contributed by atoms with Crippen molar-refractivity contribution in [1.82, 2.24) is 34.9 Å². The number of H-pyrrole nitrogens is 2. The van der Waals surface area contributed by atoms with E-state index in [0.29, 0.717) is 124 Å². The fourth-order valence-corrected chi connectivity index (χ4v) is 36.8. The fraction of sp³-hybridized carbons (Fsp3) is 0.338. The molecule has 1 aromatic heterocycles. The van der Waals surface area contributed by atoms with Gasteiger partial charge in [0.1, 0.15) is 47.7 Å². The van der Waals surface area contributed by atoms with Gasteiger partial charge in [0.15, 0.2) is 0 Å². The number of carbonyl (C=O) groups is 11. The van der Waals surface area contributed by atoms with E-state index in [1.165, 1.54) is 16.1 Å². The molecule has 13 N–H and O–H groups in total. The summed E-state index contributed by atoms with van der Waals surface area (Å²) in [7, 11) is -9.83. The van der Waals surface area contributed by atoms with Crippen LogP contribution in [-0.4, -0.2) is 148 Å². The number of carbonyl (C=O) groups excluding carboxylic acids is 7. The van der Waals surface area contributed by atoms with Gasteiger partial charge in [0, 0.05) is 79.4 Å². The van der Waals surface area contributed by atoms with Gasteiger partial charge in [0.05, 0.1) is 44.9 Å². The maximum atomic E-state index is 14.5. The molecule has 2 unspecified atom stereocenters. The van der Waals surface area contributed by atoms with Gasteiger partial charge in [-0.05, 0) is 193 Å². The number of nitrogens with one attached hydrogen (secondary N) is 3. The number of carboxylic acid groups (broad SMARTS) is 4. The van der Waals surface area contributed by atoms with Crippen LogP contribution < -0.4 is 42.5 Å². The number of rotatable bonds is 12. The molecule has 34 nitrogen and oxygen atoms in total. The Bertz CT molecular complexity index is 6120. The summed E-state index contributed by atoms with van der Waals surface area (Å²) in [5.41, 5.74) is 28.2. The SMILES string of the molecule is C=C(C)C1=C(C(=C)C)SC2(S1)C(C)=C(C)SC1=C2c2cc(C)c(C)c(C)c2N(C(=O)Cn2c(=O)[nH][nH]c2=O)C1(CC)CC.CC1=C(N)SC2=C(c3cc(C)c(C)c4c3N(C(=O)N(N3C(=O)CCC3=O)C4)P2(=O)O)C12SC(C(=O)O)=C(C(=O)O)S2.CC1=C(N)SC2=C(c3cc(C)c(C)c4c3N(C(=O)N(N3C(=O)CCC3=O)N4)P2(=O)O)C12SC(C(=O)O)=C(C(=O)O)S2. The zero-order valence-corrected chi connectivity index (χ0v) is 78.5. The predicted octanol–water partition coefficient (Wildman–Crippen LogP) is 14.5. The van der Waals surface area contributed by atoms with Crippen LogP contribution in [0.3, 0.4) is 0 Å². The van der Waals surface area contributed by atoms with E-state index < -0.39 is 123 Å². The van der Waals surface area contributed by atoms with Gasteiger partial charge < -0.3 is 41.7 Å². The average Bonchev–Trinajstić information content (AvgIpc) is 1.65. The number of aromatic amines is 2. The summed E-state index contributed by atoms with van der Waals surface area (Å²) >= 11 is 9.76. The van der Waals surface area contributed by atoms with Crippen LogP contribution in [0, 0.1) is 48.5 Å². The zero-order valence-electron chi connectivity index (χ0n) is 69.4. The minimum absolute atomic E-state index is 0.0203. The molecule has 0 radical (unpaired) electrons. The smallest absolute Gasteiger partial charge is 0.371 e. The van der Waals surface area contributed by atoms with Gasteiger partial charge in [-0.15, -0.1) is 5.12 Å². The summed E-state index contributed by atoms with van der Waals surface area (Å²) in [6.45, 7) is 37.3. The zero-order chi connectivity index (χ0) is 91.6. The van der Waals surface area contributed by atoms with Gasteiger partial charge in [-0.2, -0.15) is 10.0 Å². The lowest BCUT2D eigenvalue weighted by Crippen LogP contribution is -2.59. The Morgan fingerprint density at radius 1 is 0.496 bits per heavy atom. The Balaban J connectivity index is 0.000000145. The van der Waals surface area contributed by atoms with Gasteiger partial charge in [-0.25, -0.2) is 67.5 Å². The van der Waals surface area contributed by atoms with Crippen LogP contribution in [0.2, 0.25) is 0 Å². The highest BCUT2D eigenvalue weighted by Gasteiger charge is 2.66. The van der Waals surface area contributed by atoms with Gasteiger partial charge in [0.25, 0.3) is 11.8 Å². The third kappa shape index (κ3) is 13.1. The Labute approximate surface area is 751 Å². The van der Waals surface area contributed by atoms with Crippen LogP contribution in [0.1, 0.15) is 155 Å². The number of hydrogen-bond donors (Lipinski definition) is 11. The normalized spacial score (nSPS) is 22.9. The minimum atomic E-state index is -4.93. The molecule has 656 valence electrons. The lowest BCUT2D eigenvalue weighted by molar-refractivity contribution is -0.153. The van der Waals surface area contributed by atoms with E-state index in [2.05, 4.69) is 97.2 Å². The largest absolute Gasteiger partial charge is 0.477 e. The molecular formula is C80H81N13O21P2S9. The number of allylic oxidation sites excluding steroid dienone is 3. The molecule has 9 amide bonds. The number of aliphatic carboxylic acids is 4. The van der Waals surface area contributed by atoms with Crippen molar-refractivity contribution in [3.05, 3.63) is 200 Å². The number of carboxylic acids is 4. The minimum Gasteiger partial charge on any atom is -0.477 e. The Kier molecular flexibility index (Phi) is 22.6. The van der Waals surface area contributed by atoms with Crippen LogP contribution in [0.15, 0.2) is 127 Å².